The number of hydrogen-bond acceptors (Lipinski definition) is 9. The monoisotopic (exact) mass is 1340 g/mol. The second kappa shape index (κ2) is 22.2. The molecule has 11 heteroatoms. The van der Waals surface area contributed by atoms with Gasteiger partial charge in [-0.25, -0.2) is 0 Å². The lowest BCUT2D eigenvalue weighted by atomic mass is 9.30. The van der Waals surface area contributed by atoms with E-state index in [2.05, 4.69) is 358 Å². The SMILES string of the molecule is c1ccc(N(c2ccccc2)c2cc3c4c(c2)N(c2cccc5sc6ccccc6c25)c2cc5c(cc2B4c2ccccc2N3c2ccccc2)B2c3ccccc3Oc3cc(N(c4ccccc4)c4cccc6c4sc4ccccc46)cc(c32)N5c2cccc3sc4ccccc4c23)cc1. The first-order valence-electron chi connectivity index (χ1n) is 34.4. The standard InChI is InChI=1S/C90H55B2N5OS3/c1-5-26-56(27-6-1)93(57-28-7-2-8-29-57)60-50-76-88-77(51-60)96(71-41-24-48-84-86(71)64-35-14-21-46-82(64)99-84)74-55-75-69(54-68(74)91(88)66-38-16-18-40-70(66)95(76)59-32-11-4-12-33-59)92-67-39-17-19-44-79(67)98-80-53-61(52-78(89(80)92)97(75)72-42-25-49-85-87(72)65-36-15-22-47-83(65)100-85)94(58-30-9-3-10-31-58)73-43-23-37-63-62-34-13-20-45-81(62)101-90(63)73/h1-55H. The van der Waals surface area contributed by atoms with Crippen molar-refractivity contribution in [3.8, 4) is 11.5 Å². The molecule has 0 amide bonds. The molecule has 0 spiro atoms. The van der Waals surface area contributed by atoms with Crippen LogP contribution in [0.2, 0.25) is 0 Å². The zero-order valence-electron chi connectivity index (χ0n) is 54.3. The summed E-state index contributed by atoms with van der Waals surface area (Å²) in [6.07, 6.45) is 0. The van der Waals surface area contributed by atoms with Crippen molar-refractivity contribution in [3.63, 3.8) is 0 Å². The first-order valence-corrected chi connectivity index (χ1v) is 36.9. The van der Waals surface area contributed by atoms with Crippen molar-refractivity contribution >= 4 is 226 Å². The Labute approximate surface area is 596 Å². The Hall–Kier alpha value is -12.1. The van der Waals surface area contributed by atoms with Gasteiger partial charge in [-0.15, -0.1) is 34.0 Å². The smallest absolute Gasteiger partial charge is 0.256 e. The van der Waals surface area contributed by atoms with E-state index in [1.807, 2.05) is 34.0 Å². The molecule has 6 nitrogen and oxygen atoms in total. The van der Waals surface area contributed by atoms with E-state index in [0.717, 1.165) is 108 Å². The summed E-state index contributed by atoms with van der Waals surface area (Å²) in [5.74, 6) is 1.69. The minimum Gasteiger partial charge on any atom is -0.458 e. The highest BCUT2D eigenvalue weighted by molar-refractivity contribution is 7.27. The van der Waals surface area contributed by atoms with Gasteiger partial charge in [0.1, 0.15) is 11.5 Å². The molecule has 0 unspecified atom stereocenters. The van der Waals surface area contributed by atoms with E-state index < -0.39 is 0 Å². The van der Waals surface area contributed by atoms with E-state index in [9.17, 15) is 0 Å². The zero-order valence-corrected chi connectivity index (χ0v) is 56.7. The first kappa shape index (κ1) is 56.9. The molecule has 0 bridgehead atoms. The van der Waals surface area contributed by atoms with Crippen molar-refractivity contribution in [1.82, 2.24) is 0 Å². The van der Waals surface area contributed by atoms with Crippen molar-refractivity contribution < 1.29 is 4.74 Å². The molecule has 3 aromatic heterocycles. The van der Waals surface area contributed by atoms with Gasteiger partial charge in [0.15, 0.2) is 0 Å². The van der Waals surface area contributed by atoms with Gasteiger partial charge in [-0.2, -0.15) is 0 Å². The van der Waals surface area contributed by atoms with Crippen LogP contribution in [0.4, 0.5) is 85.3 Å². The Morgan fingerprint density at radius 2 is 0.703 bits per heavy atom. The number of hydrogen-bond donors (Lipinski definition) is 0. The predicted molar refractivity (Wildman–Crippen MR) is 434 cm³/mol. The number of benzene rings is 15. The van der Waals surface area contributed by atoms with Crippen molar-refractivity contribution in [2.45, 2.75) is 0 Å². The van der Waals surface area contributed by atoms with Gasteiger partial charge in [0, 0.05) is 119 Å². The van der Waals surface area contributed by atoms with Crippen LogP contribution in [0.15, 0.2) is 334 Å². The minimum absolute atomic E-state index is 0.214. The number of nitrogens with zero attached hydrogens (tertiary/aromatic N) is 5. The predicted octanol–water partition coefficient (Wildman–Crippen LogP) is 22.2. The average molecular weight is 1340 g/mol. The zero-order chi connectivity index (χ0) is 66.0. The number of ether oxygens (including phenoxy) is 1. The minimum atomic E-state index is -0.240. The molecular formula is C90H55B2N5OS3. The topological polar surface area (TPSA) is 25.4 Å². The van der Waals surface area contributed by atoms with Gasteiger partial charge in [0.25, 0.3) is 13.4 Å². The lowest BCUT2D eigenvalue weighted by molar-refractivity contribution is 0.487. The molecule has 0 radical (unpaired) electrons. The average Bonchev–Trinajstić information content (AvgIpc) is 1.64. The molecule has 0 saturated carbocycles. The normalized spacial score (nSPS) is 13.1. The Balaban J connectivity index is 0.890. The van der Waals surface area contributed by atoms with Gasteiger partial charge in [-0.3, -0.25) is 0 Å². The molecule has 15 aromatic carbocycles. The molecule has 7 heterocycles. The summed E-state index contributed by atoms with van der Waals surface area (Å²) in [5.41, 5.74) is 23.6. The van der Waals surface area contributed by atoms with Crippen LogP contribution in [0.1, 0.15) is 0 Å². The third-order valence-corrected chi connectivity index (χ3v) is 24.7. The van der Waals surface area contributed by atoms with Gasteiger partial charge in [-0.05, 0) is 166 Å². The van der Waals surface area contributed by atoms with E-state index in [1.54, 1.807) is 0 Å². The van der Waals surface area contributed by atoms with Crippen molar-refractivity contribution in [2.24, 2.45) is 0 Å². The third-order valence-electron chi connectivity index (χ3n) is 21.2. The lowest BCUT2D eigenvalue weighted by Crippen LogP contribution is -2.64. The summed E-state index contributed by atoms with van der Waals surface area (Å²) in [6.45, 7) is -0.453. The Bertz CT molecular complexity index is 6420. The quantitative estimate of drug-likeness (QED) is 0.134. The summed E-state index contributed by atoms with van der Waals surface area (Å²) in [6, 6.07) is 124. The number of anilines is 15. The van der Waals surface area contributed by atoms with Crippen molar-refractivity contribution in [2.75, 3.05) is 24.5 Å². The van der Waals surface area contributed by atoms with Crippen LogP contribution in [-0.4, -0.2) is 13.4 Å². The molecule has 0 aliphatic carbocycles. The van der Waals surface area contributed by atoms with E-state index in [0.29, 0.717) is 0 Å². The molecule has 4 aliphatic heterocycles. The number of fused-ring (bicyclic) bond motifs is 17. The van der Waals surface area contributed by atoms with E-state index in [1.165, 1.54) is 82.4 Å². The highest BCUT2D eigenvalue weighted by Gasteiger charge is 2.49. The number of thiophene rings is 3. The van der Waals surface area contributed by atoms with Crippen molar-refractivity contribution in [1.29, 1.82) is 0 Å². The maximum Gasteiger partial charge on any atom is 0.256 e. The summed E-state index contributed by atoms with van der Waals surface area (Å²) in [5, 5.41) is 7.41. The van der Waals surface area contributed by atoms with Crippen LogP contribution in [0.5, 0.6) is 11.5 Å². The summed E-state index contributed by atoms with van der Waals surface area (Å²) < 4.78 is 15.0. The van der Waals surface area contributed by atoms with Gasteiger partial charge < -0.3 is 29.2 Å². The lowest BCUT2D eigenvalue weighted by Gasteiger charge is -2.47. The molecule has 18 aromatic rings. The number of para-hydroxylation sites is 6. The molecule has 4 aliphatic rings. The Morgan fingerprint density at radius 3 is 1.33 bits per heavy atom. The summed E-state index contributed by atoms with van der Waals surface area (Å²) in [4.78, 5) is 12.8. The maximum absolute atomic E-state index is 7.56. The summed E-state index contributed by atoms with van der Waals surface area (Å²) >= 11 is 5.59. The van der Waals surface area contributed by atoms with Crippen LogP contribution in [0.25, 0.3) is 60.5 Å². The fourth-order valence-corrected chi connectivity index (χ4v) is 20.6. The largest absolute Gasteiger partial charge is 0.458 e. The van der Waals surface area contributed by atoms with Gasteiger partial charge in [0.2, 0.25) is 0 Å². The second-order valence-corrected chi connectivity index (χ2v) is 29.8. The molecule has 0 atom stereocenters. The van der Waals surface area contributed by atoms with E-state index in [4.69, 9.17) is 4.74 Å². The van der Waals surface area contributed by atoms with Gasteiger partial charge >= 0.3 is 0 Å². The Morgan fingerprint density at radius 1 is 0.257 bits per heavy atom. The molecule has 0 fully saturated rings. The van der Waals surface area contributed by atoms with Crippen LogP contribution in [0.3, 0.4) is 0 Å². The van der Waals surface area contributed by atoms with Crippen LogP contribution < -0.4 is 62.0 Å². The Kier molecular flexibility index (Phi) is 12.5. The second-order valence-electron chi connectivity index (χ2n) is 26.6. The highest BCUT2D eigenvalue weighted by Crippen LogP contribution is 2.55. The third kappa shape index (κ3) is 8.46. The van der Waals surface area contributed by atoms with Crippen molar-refractivity contribution in [3.05, 3.63) is 334 Å². The van der Waals surface area contributed by atoms with Crippen LogP contribution >= 0.6 is 34.0 Å². The van der Waals surface area contributed by atoms with Gasteiger partial charge in [0.05, 0.1) is 33.1 Å². The van der Waals surface area contributed by atoms with Crippen LogP contribution in [-0.2, 0) is 0 Å². The fraction of sp³-hybridized carbons (Fsp3) is 0. The number of rotatable bonds is 9. The van der Waals surface area contributed by atoms with E-state index in [-0.39, 0.29) is 13.4 Å². The molecule has 101 heavy (non-hydrogen) atoms. The van der Waals surface area contributed by atoms with Crippen LogP contribution in [0, 0.1) is 0 Å². The molecular weight excluding hydrogens is 1280 g/mol. The molecule has 470 valence electrons. The van der Waals surface area contributed by atoms with E-state index >= 15 is 0 Å². The summed E-state index contributed by atoms with van der Waals surface area (Å²) in [7, 11) is 0. The fourth-order valence-electron chi connectivity index (χ4n) is 17.1. The molecule has 22 rings (SSSR count). The molecule has 0 saturated heterocycles. The first-order chi connectivity index (χ1) is 50.1. The van der Waals surface area contributed by atoms with Gasteiger partial charge in [-0.1, -0.05) is 194 Å². The highest BCUT2D eigenvalue weighted by atomic mass is 32.1. The molecule has 0 N–H and O–H groups in total. The maximum atomic E-state index is 7.56.